The molecule has 6 nitrogen and oxygen atoms in total. The summed E-state index contributed by atoms with van der Waals surface area (Å²) in [5, 5.41) is 0.242. The largest absolute Gasteiger partial charge is 0.447 e. The van der Waals surface area contributed by atoms with Gasteiger partial charge in [-0.25, -0.2) is 14.2 Å². The first kappa shape index (κ1) is 16.8. The number of hydrogen-bond donors (Lipinski definition) is 0. The smallest absolute Gasteiger partial charge is 0.414 e. The van der Waals surface area contributed by atoms with E-state index in [0.29, 0.717) is 29.8 Å². The summed E-state index contributed by atoms with van der Waals surface area (Å²) in [6.45, 7) is 0.913. The maximum Gasteiger partial charge on any atom is 0.414 e. The number of carbonyl (C=O) groups excluding carboxylic acids is 2. The van der Waals surface area contributed by atoms with Gasteiger partial charge in [0.25, 0.3) is 5.91 Å². The molecule has 4 rings (SSSR count). The Bertz CT molecular complexity index is 892. The van der Waals surface area contributed by atoms with Crippen LogP contribution < -0.4 is 4.90 Å². The number of benzene rings is 1. The number of hydrogen-bond acceptors (Lipinski definition) is 4. The summed E-state index contributed by atoms with van der Waals surface area (Å²) in [4.78, 5) is 32.1. The molecule has 2 aliphatic rings. The molecule has 8 heteroatoms. The molecular formula is C18H15ClFN3O3. The van der Waals surface area contributed by atoms with Crippen LogP contribution in [0.15, 0.2) is 36.5 Å². The second-order valence-electron chi connectivity index (χ2n) is 6.26. The van der Waals surface area contributed by atoms with Gasteiger partial charge in [0.05, 0.1) is 11.7 Å². The molecule has 1 fully saturated rings. The van der Waals surface area contributed by atoms with Gasteiger partial charge in [0.2, 0.25) is 0 Å². The highest BCUT2D eigenvalue weighted by Gasteiger charge is 2.38. The van der Waals surface area contributed by atoms with E-state index < -0.39 is 11.9 Å². The second kappa shape index (κ2) is 6.57. The maximum absolute atomic E-state index is 13.8. The third-order valence-electron chi connectivity index (χ3n) is 4.62. The summed E-state index contributed by atoms with van der Waals surface area (Å²) >= 11 is 5.89. The number of rotatable bonds is 1. The number of carbonyl (C=O) groups is 2. The van der Waals surface area contributed by atoms with Crippen molar-refractivity contribution in [2.24, 2.45) is 0 Å². The normalized spacial score (nSPS) is 19.3. The summed E-state index contributed by atoms with van der Waals surface area (Å²) in [6.07, 6.45) is 1.53. The van der Waals surface area contributed by atoms with E-state index in [0.717, 1.165) is 0 Å². The standard InChI is InChI=1S/C18H15ClFN3O3/c19-16-7-11(3-5-21-16)17(24)22-6-4-14-10-26-18(25)23(14)15-8-13(20)2-1-12(15)9-22/h1-3,5,7-8,14H,4,6,9-10H2. The highest BCUT2D eigenvalue weighted by molar-refractivity contribution is 6.29. The van der Waals surface area contributed by atoms with Crippen LogP contribution in [-0.4, -0.2) is 41.1 Å². The lowest BCUT2D eigenvalue weighted by Gasteiger charge is -2.32. The van der Waals surface area contributed by atoms with Gasteiger partial charge in [-0.3, -0.25) is 9.69 Å². The number of cyclic esters (lactones) is 1. The minimum absolute atomic E-state index is 0.191. The Morgan fingerprint density at radius 2 is 2.15 bits per heavy atom. The first-order valence-corrected chi connectivity index (χ1v) is 8.56. The van der Waals surface area contributed by atoms with Gasteiger partial charge in [0.15, 0.2) is 0 Å². The highest BCUT2D eigenvalue weighted by Crippen LogP contribution is 2.32. The number of aromatic nitrogens is 1. The fourth-order valence-electron chi connectivity index (χ4n) is 3.34. The van der Waals surface area contributed by atoms with Crippen molar-refractivity contribution in [3.8, 4) is 0 Å². The maximum atomic E-state index is 13.8. The van der Waals surface area contributed by atoms with Crippen molar-refractivity contribution >= 4 is 29.3 Å². The Morgan fingerprint density at radius 3 is 2.96 bits per heavy atom. The Morgan fingerprint density at radius 1 is 1.31 bits per heavy atom. The molecule has 0 bridgehead atoms. The Balaban J connectivity index is 1.71. The predicted octanol–water partition coefficient (Wildman–Crippen LogP) is 3.25. The van der Waals surface area contributed by atoms with E-state index in [2.05, 4.69) is 4.98 Å². The zero-order chi connectivity index (χ0) is 18.3. The van der Waals surface area contributed by atoms with Crippen LogP contribution in [0, 0.1) is 5.82 Å². The van der Waals surface area contributed by atoms with Crippen molar-refractivity contribution in [2.45, 2.75) is 19.0 Å². The summed E-state index contributed by atoms with van der Waals surface area (Å²) in [5.74, 6) is -0.634. The van der Waals surface area contributed by atoms with Crippen LogP contribution in [0.3, 0.4) is 0 Å². The van der Waals surface area contributed by atoms with E-state index in [1.54, 1.807) is 17.0 Å². The molecule has 0 aliphatic carbocycles. The number of fused-ring (bicyclic) bond motifs is 3. The van der Waals surface area contributed by atoms with Crippen molar-refractivity contribution in [3.05, 3.63) is 58.6 Å². The lowest BCUT2D eigenvalue weighted by molar-refractivity contribution is 0.0734. The lowest BCUT2D eigenvalue weighted by Crippen LogP contribution is -2.42. The topological polar surface area (TPSA) is 62.7 Å². The zero-order valence-electron chi connectivity index (χ0n) is 13.7. The van der Waals surface area contributed by atoms with Crippen LogP contribution >= 0.6 is 11.6 Å². The minimum Gasteiger partial charge on any atom is -0.447 e. The SMILES string of the molecule is O=C(c1ccnc(Cl)c1)N1CCC2COC(=O)N2c2cc(F)ccc2C1. The number of pyridine rings is 1. The average Bonchev–Trinajstić information content (AvgIpc) is 2.97. The Labute approximate surface area is 154 Å². The van der Waals surface area contributed by atoms with Gasteiger partial charge in [0, 0.05) is 24.8 Å². The summed E-state index contributed by atoms with van der Waals surface area (Å²) in [6, 6.07) is 7.11. The van der Waals surface area contributed by atoms with Crippen molar-refractivity contribution in [1.29, 1.82) is 0 Å². The molecule has 0 saturated carbocycles. The fourth-order valence-corrected chi connectivity index (χ4v) is 3.52. The van der Waals surface area contributed by atoms with Crippen LogP contribution in [-0.2, 0) is 11.3 Å². The van der Waals surface area contributed by atoms with Crippen molar-refractivity contribution in [1.82, 2.24) is 9.88 Å². The fraction of sp³-hybridized carbons (Fsp3) is 0.278. The first-order chi connectivity index (χ1) is 12.5. The molecule has 1 saturated heterocycles. The van der Waals surface area contributed by atoms with Gasteiger partial charge in [-0.15, -0.1) is 0 Å². The molecule has 0 spiro atoms. The quantitative estimate of drug-likeness (QED) is 0.718. The van der Waals surface area contributed by atoms with Crippen LogP contribution in [0.2, 0.25) is 5.15 Å². The molecule has 3 heterocycles. The van der Waals surface area contributed by atoms with Gasteiger partial charge in [0.1, 0.15) is 17.6 Å². The van der Waals surface area contributed by atoms with Gasteiger partial charge < -0.3 is 9.64 Å². The number of ether oxygens (including phenoxy) is 1. The number of anilines is 1. The molecular weight excluding hydrogens is 361 g/mol. The highest BCUT2D eigenvalue weighted by atomic mass is 35.5. The van der Waals surface area contributed by atoms with Gasteiger partial charge >= 0.3 is 6.09 Å². The van der Waals surface area contributed by atoms with Crippen LogP contribution in [0.5, 0.6) is 0 Å². The molecule has 1 aromatic heterocycles. The zero-order valence-corrected chi connectivity index (χ0v) is 14.4. The summed E-state index contributed by atoms with van der Waals surface area (Å²) < 4.78 is 18.9. The molecule has 1 aromatic carbocycles. The molecule has 1 atom stereocenters. The first-order valence-electron chi connectivity index (χ1n) is 8.18. The van der Waals surface area contributed by atoms with E-state index in [1.165, 1.54) is 29.3 Å². The molecule has 0 radical (unpaired) electrons. The predicted molar refractivity (Wildman–Crippen MR) is 92.6 cm³/mol. The monoisotopic (exact) mass is 375 g/mol. The molecule has 26 heavy (non-hydrogen) atoms. The van der Waals surface area contributed by atoms with Crippen LogP contribution in [0.25, 0.3) is 0 Å². The third kappa shape index (κ3) is 2.99. The number of halogens is 2. The van der Waals surface area contributed by atoms with Crippen LogP contribution in [0.1, 0.15) is 22.3 Å². The molecule has 2 aromatic rings. The van der Waals surface area contributed by atoms with Gasteiger partial charge in [-0.05, 0) is 36.2 Å². The second-order valence-corrected chi connectivity index (χ2v) is 6.64. The van der Waals surface area contributed by atoms with E-state index in [4.69, 9.17) is 16.3 Å². The molecule has 0 N–H and O–H groups in total. The molecule has 1 unspecified atom stereocenters. The van der Waals surface area contributed by atoms with Crippen molar-refractivity contribution in [2.75, 3.05) is 18.1 Å². The van der Waals surface area contributed by atoms with E-state index in [-0.39, 0.29) is 30.3 Å². The van der Waals surface area contributed by atoms with Crippen LogP contribution in [0.4, 0.5) is 14.9 Å². The summed E-state index contributed by atoms with van der Waals surface area (Å²) in [5.41, 5.74) is 1.57. The van der Waals surface area contributed by atoms with Crippen molar-refractivity contribution in [3.63, 3.8) is 0 Å². The van der Waals surface area contributed by atoms with Crippen molar-refractivity contribution < 1.29 is 18.7 Å². The van der Waals surface area contributed by atoms with E-state index >= 15 is 0 Å². The average molecular weight is 376 g/mol. The molecule has 2 amide bonds. The molecule has 2 aliphatic heterocycles. The van der Waals surface area contributed by atoms with Gasteiger partial charge in [-0.2, -0.15) is 0 Å². The molecule has 134 valence electrons. The van der Waals surface area contributed by atoms with E-state index in [1.807, 2.05) is 0 Å². The number of amides is 2. The van der Waals surface area contributed by atoms with E-state index in [9.17, 15) is 14.0 Å². The van der Waals surface area contributed by atoms with Gasteiger partial charge in [-0.1, -0.05) is 17.7 Å². The summed E-state index contributed by atoms with van der Waals surface area (Å²) in [7, 11) is 0. The Kier molecular flexibility index (Phi) is 4.24. The Hall–Kier alpha value is -2.67. The number of nitrogens with zero attached hydrogens (tertiary/aromatic N) is 3. The third-order valence-corrected chi connectivity index (χ3v) is 4.83. The minimum atomic E-state index is -0.484. The lowest BCUT2D eigenvalue weighted by atomic mass is 10.0.